The predicted molar refractivity (Wildman–Crippen MR) is 114 cm³/mol. The van der Waals surface area contributed by atoms with Crippen LogP contribution in [-0.4, -0.2) is 28.5 Å². The molecule has 0 radical (unpaired) electrons. The number of rotatable bonds is 7. The van der Waals surface area contributed by atoms with E-state index in [-0.39, 0.29) is 10.8 Å². The van der Waals surface area contributed by atoms with Crippen LogP contribution in [0, 0.1) is 18.8 Å². The zero-order valence-electron chi connectivity index (χ0n) is 17.1. The fourth-order valence-corrected chi connectivity index (χ4v) is 4.88. The van der Waals surface area contributed by atoms with Crippen LogP contribution in [-0.2, 0) is 24.4 Å². The van der Waals surface area contributed by atoms with Gasteiger partial charge < -0.3 is 9.88 Å². The van der Waals surface area contributed by atoms with Gasteiger partial charge in [0, 0.05) is 50.2 Å². The quantitative estimate of drug-likeness (QED) is 0.774. The zero-order chi connectivity index (χ0) is 20.1. The van der Waals surface area contributed by atoms with Crippen LogP contribution >= 0.6 is 11.3 Å². The summed E-state index contributed by atoms with van der Waals surface area (Å²) >= 11 is 1.18. The number of amides is 1. The van der Waals surface area contributed by atoms with Crippen molar-refractivity contribution in [1.82, 2.24) is 14.8 Å². The highest BCUT2D eigenvalue weighted by Crippen LogP contribution is 2.22. The number of aryl methyl sites for hydroxylation is 1. The van der Waals surface area contributed by atoms with E-state index >= 15 is 0 Å². The zero-order valence-corrected chi connectivity index (χ0v) is 17.9. The van der Waals surface area contributed by atoms with Gasteiger partial charge in [-0.15, -0.1) is 0 Å². The second kappa shape index (κ2) is 9.52. The number of thiazole rings is 1. The second-order valence-electron chi connectivity index (χ2n) is 8.28. The maximum atomic E-state index is 12.1. The first-order valence-corrected chi connectivity index (χ1v) is 11.0. The number of piperidine rings is 1. The molecule has 0 aliphatic carbocycles. The maximum absolute atomic E-state index is 12.1. The normalized spacial score (nSPS) is 20.2. The molecule has 1 aromatic carbocycles. The third-order valence-electron chi connectivity index (χ3n) is 5.40. The Kier molecular flexibility index (Phi) is 7.08. The minimum Gasteiger partial charge on any atom is -0.352 e. The molecule has 1 aliphatic heterocycles. The van der Waals surface area contributed by atoms with Crippen LogP contribution in [0.3, 0.4) is 0 Å². The summed E-state index contributed by atoms with van der Waals surface area (Å²) in [5.74, 6) is 1.51. The van der Waals surface area contributed by atoms with Crippen molar-refractivity contribution in [2.45, 2.75) is 53.2 Å². The molecular weight excluding hydrogens is 370 g/mol. The highest BCUT2D eigenvalue weighted by Gasteiger charge is 2.21. The first-order valence-electron chi connectivity index (χ1n) is 10.1. The van der Waals surface area contributed by atoms with Gasteiger partial charge >= 0.3 is 4.87 Å². The Morgan fingerprint density at radius 3 is 2.39 bits per heavy atom. The van der Waals surface area contributed by atoms with Gasteiger partial charge in [0.25, 0.3) is 0 Å². The number of nitrogens with one attached hydrogen (secondary N) is 1. The summed E-state index contributed by atoms with van der Waals surface area (Å²) in [7, 11) is 0. The van der Waals surface area contributed by atoms with Crippen LogP contribution in [0.1, 0.15) is 43.5 Å². The molecule has 152 valence electrons. The van der Waals surface area contributed by atoms with Crippen molar-refractivity contribution < 1.29 is 4.79 Å². The molecule has 1 N–H and O–H groups in total. The van der Waals surface area contributed by atoms with Crippen molar-refractivity contribution in [2.24, 2.45) is 11.8 Å². The summed E-state index contributed by atoms with van der Waals surface area (Å²) < 4.78 is 1.65. The lowest BCUT2D eigenvalue weighted by atomic mass is 9.91. The average molecular weight is 402 g/mol. The number of benzene rings is 1. The van der Waals surface area contributed by atoms with E-state index in [2.05, 4.69) is 48.3 Å². The van der Waals surface area contributed by atoms with Crippen molar-refractivity contribution in [1.29, 1.82) is 0 Å². The van der Waals surface area contributed by atoms with Gasteiger partial charge in [-0.05, 0) is 36.3 Å². The first-order chi connectivity index (χ1) is 13.4. The van der Waals surface area contributed by atoms with Gasteiger partial charge in [-0.3, -0.25) is 14.5 Å². The molecule has 0 bridgehead atoms. The lowest BCUT2D eigenvalue weighted by Crippen LogP contribution is -2.38. The summed E-state index contributed by atoms with van der Waals surface area (Å²) in [4.78, 5) is 26.3. The average Bonchev–Trinajstić information content (AvgIpc) is 2.96. The summed E-state index contributed by atoms with van der Waals surface area (Å²) in [5.41, 5.74) is 3.33. The molecule has 28 heavy (non-hydrogen) atoms. The molecule has 5 nitrogen and oxygen atoms in total. The van der Waals surface area contributed by atoms with Crippen LogP contribution in [0.4, 0.5) is 0 Å². The van der Waals surface area contributed by atoms with Crippen LogP contribution in [0.5, 0.6) is 0 Å². The molecule has 2 atom stereocenters. The van der Waals surface area contributed by atoms with E-state index in [1.165, 1.54) is 36.4 Å². The van der Waals surface area contributed by atoms with Gasteiger partial charge in [0.05, 0.1) is 0 Å². The summed E-state index contributed by atoms with van der Waals surface area (Å²) in [6.45, 7) is 10.9. The van der Waals surface area contributed by atoms with Gasteiger partial charge in [0.15, 0.2) is 0 Å². The molecule has 3 rings (SSSR count). The second-order valence-corrected chi connectivity index (χ2v) is 9.10. The number of likely N-dealkylation sites (tertiary alicyclic amines) is 1. The molecule has 2 unspecified atom stereocenters. The van der Waals surface area contributed by atoms with Crippen LogP contribution in [0.2, 0.25) is 0 Å². The Morgan fingerprint density at radius 1 is 1.14 bits per heavy atom. The van der Waals surface area contributed by atoms with Crippen molar-refractivity contribution in [3.63, 3.8) is 0 Å². The number of hydrogen-bond donors (Lipinski definition) is 1. The van der Waals surface area contributed by atoms with E-state index in [9.17, 15) is 9.59 Å². The number of nitrogens with zero attached hydrogens (tertiary/aromatic N) is 2. The molecule has 6 heteroatoms. The molecular formula is C22H31N3O2S. The summed E-state index contributed by atoms with van der Waals surface area (Å²) in [6, 6.07) is 8.53. The molecule has 2 aromatic rings. The largest absolute Gasteiger partial charge is 0.352 e. The Morgan fingerprint density at radius 2 is 1.79 bits per heavy atom. The molecule has 1 aliphatic rings. The predicted octanol–water partition coefficient (Wildman–Crippen LogP) is 3.40. The van der Waals surface area contributed by atoms with E-state index in [1.54, 1.807) is 4.57 Å². The molecule has 2 heterocycles. The lowest BCUT2D eigenvalue weighted by Gasteiger charge is -2.35. The van der Waals surface area contributed by atoms with Gasteiger partial charge in [0.2, 0.25) is 5.91 Å². The third kappa shape index (κ3) is 5.79. The van der Waals surface area contributed by atoms with Gasteiger partial charge in [-0.2, -0.15) is 0 Å². The van der Waals surface area contributed by atoms with Gasteiger partial charge in [-0.25, -0.2) is 0 Å². The fourth-order valence-electron chi connectivity index (χ4n) is 4.12. The van der Waals surface area contributed by atoms with Crippen LogP contribution < -0.4 is 10.2 Å². The van der Waals surface area contributed by atoms with E-state index in [1.807, 2.05) is 12.3 Å². The van der Waals surface area contributed by atoms with Gasteiger partial charge in [0.1, 0.15) is 0 Å². The number of carbonyl (C=O) groups is 1. The van der Waals surface area contributed by atoms with Crippen LogP contribution in [0.15, 0.2) is 34.4 Å². The molecule has 1 amide bonds. The molecule has 1 fully saturated rings. The topological polar surface area (TPSA) is 54.3 Å². The number of hydrogen-bond acceptors (Lipinski definition) is 4. The van der Waals surface area contributed by atoms with Gasteiger partial charge in [-0.1, -0.05) is 49.4 Å². The van der Waals surface area contributed by atoms with Crippen LogP contribution in [0.25, 0.3) is 0 Å². The van der Waals surface area contributed by atoms with Crippen molar-refractivity contribution in [3.8, 4) is 0 Å². The number of aromatic nitrogens is 1. The minimum absolute atomic E-state index is 0.00150. The first kappa shape index (κ1) is 20.8. The molecule has 0 spiro atoms. The van der Waals surface area contributed by atoms with E-state index < -0.39 is 0 Å². The highest BCUT2D eigenvalue weighted by atomic mass is 32.1. The van der Waals surface area contributed by atoms with E-state index in [0.29, 0.717) is 19.5 Å². The van der Waals surface area contributed by atoms with Crippen molar-refractivity contribution >= 4 is 17.2 Å². The fraction of sp³-hybridized carbons (Fsp3) is 0.545. The Bertz CT molecular complexity index is 830. The molecule has 1 aromatic heterocycles. The molecule has 1 saturated heterocycles. The minimum atomic E-state index is -0.0298. The highest BCUT2D eigenvalue weighted by molar-refractivity contribution is 7.07. The Balaban J connectivity index is 1.44. The standard InChI is InChI=1S/C22H31N3O2S/c1-16-10-17(2)13-24(12-16)14-20-6-4-19(5-7-20)11-23-21(26)8-9-25-18(3)15-28-22(25)27/h4-7,15-17H,8-14H2,1-3H3,(H,23,26). The smallest absolute Gasteiger partial charge is 0.307 e. The van der Waals surface area contributed by atoms with Crippen molar-refractivity contribution in [3.05, 3.63) is 56.1 Å². The monoisotopic (exact) mass is 401 g/mol. The lowest BCUT2D eigenvalue weighted by molar-refractivity contribution is -0.121. The van der Waals surface area contributed by atoms with Crippen molar-refractivity contribution in [2.75, 3.05) is 13.1 Å². The third-order valence-corrected chi connectivity index (χ3v) is 6.28. The Labute approximate surface area is 171 Å². The number of carbonyl (C=O) groups excluding carboxylic acids is 1. The van der Waals surface area contributed by atoms with E-state index in [4.69, 9.17) is 0 Å². The maximum Gasteiger partial charge on any atom is 0.307 e. The SMILES string of the molecule is Cc1csc(=O)n1CCC(=O)NCc1ccc(CN2CC(C)CC(C)C2)cc1. The Hall–Kier alpha value is -1.92. The summed E-state index contributed by atoms with van der Waals surface area (Å²) in [6.07, 6.45) is 1.65. The molecule has 0 saturated carbocycles. The summed E-state index contributed by atoms with van der Waals surface area (Å²) in [5, 5.41) is 4.78. The van der Waals surface area contributed by atoms with E-state index in [0.717, 1.165) is 29.6 Å².